The van der Waals surface area contributed by atoms with Crippen molar-refractivity contribution in [3.05, 3.63) is 47.8 Å². The summed E-state index contributed by atoms with van der Waals surface area (Å²) in [5.74, 6) is 0.211. The van der Waals surface area contributed by atoms with E-state index in [0.29, 0.717) is 25.6 Å². The number of carbonyl (C=O) groups is 2. The number of nitrogens with one attached hydrogen (secondary N) is 1. The summed E-state index contributed by atoms with van der Waals surface area (Å²) < 4.78 is 2.03. The van der Waals surface area contributed by atoms with Gasteiger partial charge in [-0.25, -0.2) is 0 Å². The van der Waals surface area contributed by atoms with Crippen molar-refractivity contribution in [1.29, 1.82) is 0 Å². The molecule has 1 aromatic heterocycles. The number of benzene rings is 1. The third-order valence-electron chi connectivity index (χ3n) is 5.74. The topological polar surface area (TPSA) is 70.5 Å². The van der Waals surface area contributed by atoms with Gasteiger partial charge < -0.3 is 10.2 Å². The van der Waals surface area contributed by atoms with Gasteiger partial charge in [0.25, 0.3) is 0 Å². The zero-order valence-electron chi connectivity index (χ0n) is 17.0. The molecule has 1 N–H and O–H groups in total. The van der Waals surface area contributed by atoms with Gasteiger partial charge >= 0.3 is 0 Å². The van der Waals surface area contributed by atoms with E-state index in [-0.39, 0.29) is 11.8 Å². The van der Waals surface area contributed by atoms with Gasteiger partial charge in [0.1, 0.15) is 0 Å². The molecule has 2 fully saturated rings. The summed E-state index contributed by atoms with van der Waals surface area (Å²) in [5, 5.41) is 7.46. The van der Waals surface area contributed by atoms with Crippen molar-refractivity contribution in [2.45, 2.75) is 45.2 Å². The van der Waals surface area contributed by atoms with Crippen LogP contribution in [0.25, 0.3) is 0 Å². The number of anilines is 1. The minimum Gasteiger partial charge on any atom is -0.351 e. The molecule has 1 atom stereocenters. The van der Waals surface area contributed by atoms with E-state index >= 15 is 0 Å². The fraction of sp³-hybridized carbons (Fsp3) is 0.500. The average Bonchev–Trinajstić information content (AvgIpc) is 3.35. The van der Waals surface area contributed by atoms with Gasteiger partial charge in [-0.2, -0.15) is 5.10 Å². The van der Waals surface area contributed by atoms with Crippen LogP contribution in [0.15, 0.2) is 36.7 Å². The van der Waals surface area contributed by atoms with Gasteiger partial charge in [-0.05, 0) is 56.0 Å². The van der Waals surface area contributed by atoms with Crippen molar-refractivity contribution < 1.29 is 9.59 Å². The Morgan fingerprint density at radius 3 is 2.93 bits per heavy atom. The van der Waals surface area contributed by atoms with E-state index in [4.69, 9.17) is 0 Å². The lowest BCUT2D eigenvalue weighted by atomic mass is 10.1. The summed E-state index contributed by atoms with van der Waals surface area (Å²) >= 11 is 0. The second-order valence-corrected chi connectivity index (χ2v) is 8.12. The molecule has 1 unspecified atom stereocenters. The van der Waals surface area contributed by atoms with E-state index in [1.807, 2.05) is 47.0 Å². The third-order valence-corrected chi connectivity index (χ3v) is 5.74. The van der Waals surface area contributed by atoms with Crippen LogP contribution in [0.1, 0.15) is 42.9 Å². The van der Waals surface area contributed by atoms with Gasteiger partial charge in [0.2, 0.25) is 11.8 Å². The van der Waals surface area contributed by atoms with Crippen LogP contribution in [-0.2, 0) is 16.1 Å². The molecular formula is C22H29N5O2. The van der Waals surface area contributed by atoms with E-state index in [1.165, 1.54) is 0 Å². The zero-order chi connectivity index (χ0) is 20.2. The molecule has 7 nitrogen and oxygen atoms in total. The van der Waals surface area contributed by atoms with E-state index in [0.717, 1.165) is 55.7 Å². The Bertz CT molecular complexity index is 878. The lowest BCUT2D eigenvalue weighted by molar-refractivity contribution is -0.122. The molecule has 1 aromatic carbocycles. The van der Waals surface area contributed by atoms with Crippen molar-refractivity contribution in [3.63, 3.8) is 0 Å². The Kier molecular flexibility index (Phi) is 5.94. The summed E-state index contributed by atoms with van der Waals surface area (Å²) in [6, 6.07) is 8.23. The number of piperidine rings is 1. The lowest BCUT2D eigenvalue weighted by Crippen LogP contribution is -2.43. The van der Waals surface area contributed by atoms with Gasteiger partial charge in [-0.3, -0.25) is 19.2 Å². The number of amides is 2. The monoisotopic (exact) mass is 395 g/mol. The first-order valence-electron chi connectivity index (χ1n) is 10.5. The summed E-state index contributed by atoms with van der Waals surface area (Å²) in [7, 11) is 0. The fourth-order valence-corrected chi connectivity index (χ4v) is 4.24. The van der Waals surface area contributed by atoms with Crippen LogP contribution in [0.2, 0.25) is 0 Å². The fourth-order valence-electron chi connectivity index (χ4n) is 4.24. The minimum absolute atomic E-state index is 0.0324. The van der Waals surface area contributed by atoms with E-state index in [1.54, 1.807) is 0 Å². The van der Waals surface area contributed by atoms with E-state index in [9.17, 15) is 9.59 Å². The maximum Gasteiger partial charge on any atom is 0.234 e. The van der Waals surface area contributed by atoms with Crippen molar-refractivity contribution in [2.75, 3.05) is 31.1 Å². The Morgan fingerprint density at radius 2 is 2.17 bits per heavy atom. The predicted octanol–water partition coefficient (Wildman–Crippen LogP) is 2.27. The number of carbonyl (C=O) groups excluding carboxylic acids is 2. The molecule has 3 heterocycles. The largest absolute Gasteiger partial charge is 0.351 e. The van der Waals surface area contributed by atoms with Crippen LogP contribution in [0, 0.1) is 6.92 Å². The van der Waals surface area contributed by atoms with Crippen LogP contribution in [0.3, 0.4) is 0 Å². The third kappa shape index (κ3) is 4.85. The molecule has 154 valence electrons. The number of hydrogen-bond acceptors (Lipinski definition) is 4. The van der Waals surface area contributed by atoms with Crippen molar-refractivity contribution in [1.82, 2.24) is 20.0 Å². The van der Waals surface area contributed by atoms with Gasteiger partial charge in [0, 0.05) is 37.9 Å². The highest BCUT2D eigenvalue weighted by Gasteiger charge is 2.24. The number of aryl methyl sites for hydroxylation is 1. The number of nitrogens with zero attached hydrogens (tertiary/aromatic N) is 4. The Morgan fingerprint density at radius 1 is 1.28 bits per heavy atom. The van der Waals surface area contributed by atoms with Crippen LogP contribution in [-0.4, -0.2) is 52.7 Å². The Hall–Kier alpha value is -2.67. The molecule has 29 heavy (non-hydrogen) atoms. The van der Waals surface area contributed by atoms with Gasteiger partial charge in [-0.1, -0.05) is 12.1 Å². The van der Waals surface area contributed by atoms with Crippen molar-refractivity contribution >= 4 is 17.5 Å². The SMILES string of the molecule is Cc1cnn(C2CCCN(CC(=O)NCc3cccc(N4CCCC4=O)c3)C2)c1. The summed E-state index contributed by atoms with van der Waals surface area (Å²) in [6.07, 6.45) is 7.66. The maximum absolute atomic E-state index is 12.5. The number of aromatic nitrogens is 2. The summed E-state index contributed by atoms with van der Waals surface area (Å²) in [4.78, 5) is 28.5. The van der Waals surface area contributed by atoms with Crippen LogP contribution in [0.5, 0.6) is 0 Å². The highest BCUT2D eigenvalue weighted by Crippen LogP contribution is 2.23. The van der Waals surface area contributed by atoms with Gasteiger partial charge in [-0.15, -0.1) is 0 Å². The average molecular weight is 396 g/mol. The zero-order valence-corrected chi connectivity index (χ0v) is 17.0. The molecular weight excluding hydrogens is 366 g/mol. The van der Waals surface area contributed by atoms with E-state index < -0.39 is 0 Å². The predicted molar refractivity (Wildman–Crippen MR) is 112 cm³/mol. The molecule has 2 saturated heterocycles. The number of hydrogen-bond donors (Lipinski definition) is 1. The first-order valence-corrected chi connectivity index (χ1v) is 10.5. The highest BCUT2D eigenvalue weighted by atomic mass is 16.2. The second kappa shape index (κ2) is 8.78. The summed E-state index contributed by atoms with van der Waals surface area (Å²) in [5.41, 5.74) is 3.10. The van der Waals surface area contributed by atoms with Crippen LogP contribution >= 0.6 is 0 Å². The first-order chi connectivity index (χ1) is 14.1. The molecule has 0 aliphatic carbocycles. The number of likely N-dealkylation sites (tertiary alicyclic amines) is 1. The Labute approximate surface area is 171 Å². The molecule has 0 saturated carbocycles. The molecule has 2 aromatic rings. The number of rotatable bonds is 6. The molecule has 2 aliphatic heterocycles. The maximum atomic E-state index is 12.5. The Balaban J connectivity index is 1.28. The second-order valence-electron chi connectivity index (χ2n) is 8.12. The quantitative estimate of drug-likeness (QED) is 0.815. The normalized spacial score (nSPS) is 20.2. The minimum atomic E-state index is 0.0324. The van der Waals surface area contributed by atoms with Gasteiger partial charge in [0.15, 0.2) is 0 Å². The molecule has 2 aliphatic rings. The molecule has 4 rings (SSSR count). The van der Waals surface area contributed by atoms with Crippen molar-refractivity contribution in [2.24, 2.45) is 0 Å². The highest BCUT2D eigenvalue weighted by molar-refractivity contribution is 5.95. The van der Waals surface area contributed by atoms with Crippen molar-refractivity contribution in [3.8, 4) is 0 Å². The molecule has 2 amide bonds. The first kappa shape index (κ1) is 19.6. The van der Waals surface area contributed by atoms with E-state index in [2.05, 4.69) is 21.5 Å². The molecule has 0 spiro atoms. The standard InChI is InChI=1S/C22H29N5O2/c1-17-12-24-27(14-17)20-7-3-9-25(15-20)16-21(28)23-13-18-5-2-6-19(11-18)26-10-4-8-22(26)29/h2,5-6,11-12,14,20H,3-4,7-10,13,15-16H2,1H3,(H,23,28). The molecule has 0 radical (unpaired) electrons. The smallest absolute Gasteiger partial charge is 0.234 e. The van der Waals surface area contributed by atoms with Crippen LogP contribution in [0.4, 0.5) is 5.69 Å². The van der Waals surface area contributed by atoms with Gasteiger partial charge in [0.05, 0.1) is 18.8 Å². The van der Waals surface area contributed by atoms with Crippen LogP contribution < -0.4 is 10.2 Å². The lowest BCUT2D eigenvalue weighted by Gasteiger charge is -2.32. The molecule has 7 heteroatoms. The summed E-state index contributed by atoms with van der Waals surface area (Å²) in [6.45, 7) is 5.50. The molecule has 0 bridgehead atoms.